The quantitative estimate of drug-likeness (QED) is 0.154. The third-order valence-electron chi connectivity index (χ3n) is 15.0. The second-order valence-corrected chi connectivity index (χ2v) is 23.9. The molecule has 3 unspecified atom stereocenters. The molecule has 344 valence electrons. The van der Waals surface area contributed by atoms with Crippen molar-refractivity contribution in [2.45, 2.75) is 50.9 Å². The molecule has 0 spiro atoms. The molecule has 0 N–H and O–H groups in total. The smallest absolute Gasteiger partial charge is 0.171 e. The van der Waals surface area contributed by atoms with Gasteiger partial charge in [0.2, 0.25) is 0 Å². The van der Waals surface area contributed by atoms with Gasteiger partial charge in [0, 0.05) is 21.2 Å². The minimum absolute atomic E-state index is 0.0915. The Morgan fingerprint density at radius 2 is 0.887 bits per heavy atom. The van der Waals surface area contributed by atoms with Crippen LogP contribution in [0.4, 0.5) is 0 Å². The van der Waals surface area contributed by atoms with Crippen LogP contribution in [0.2, 0.25) is 0 Å². The summed E-state index contributed by atoms with van der Waals surface area (Å²) in [5, 5.41) is 8.51. The van der Waals surface area contributed by atoms with Crippen LogP contribution < -0.4 is 9.79 Å². The van der Waals surface area contributed by atoms with Crippen LogP contribution in [0.15, 0.2) is 211 Å². The lowest BCUT2D eigenvalue weighted by Gasteiger charge is -2.40. The molecule has 10 aromatic carbocycles. The van der Waals surface area contributed by atoms with Crippen LogP contribution in [0.5, 0.6) is 0 Å². The molecule has 7 heteroatoms. The van der Waals surface area contributed by atoms with Gasteiger partial charge in [0.15, 0.2) is 20.5 Å². The van der Waals surface area contributed by atoms with Gasteiger partial charge in [0.1, 0.15) is 37.6 Å². The molecule has 0 fully saturated rings. The highest BCUT2D eigenvalue weighted by molar-refractivity contribution is 9.10. The highest BCUT2D eigenvalue weighted by Crippen LogP contribution is 2.51. The van der Waals surface area contributed by atoms with Crippen molar-refractivity contribution in [2.24, 2.45) is 0 Å². The molecule has 2 aliphatic rings. The van der Waals surface area contributed by atoms with E-state index in [-0.39, 0.29) is 16.7 Å². The van der Waals surface area contributed by atoms with Gasteiger partial charge in [-0.25, -0.2) is 9.97 Å². The van der Waals surface area contributed by atoms with Crippen LogP contribution in [0.3, 0.4) is 0 Å². The summed E-state index contributed by atoms with van der Waals surface area (Å²) < 4.78 is 0.956. The first kappa shape index (κ1) is 45.5. The lowest BCUT2D eigenvalue weighted by Crippen LogP contribution is -2.29. The molecule has 0 radical (unpaired) electrons. The minimum atomic E-state index is -1.64. The number of hydrogen-bond acceptors (Lipinski definition) is 4. The van der Waals surface area contributed by atoms with E-state index in [0.717, 1.165) is 53.4 Å². The van der Waals surface area contributed by atoms with E-state index in [1.54, 1.807) is 0 Å². The Morgan fingerprint density at radius 1 is 0.408 bits per heavy atom. The topological polar surface area (TPSA) is 71.9 Å². The lowest BCUT2D eigenvalue weighted by atomic mass is 9.63. The highest BCUT2D eigenvalue weighted by Gasteiger charge is 2.38. The van der Waals surface area contributed by atoms with Crippen molar-refractivity contribution in [1.29, 1.82) is 0 Å². The molecular formula is C64H49BrN2O2P2. The van der Waals surface area contributed by atoms with Crippen molar-refractivity contribution in [3.05, 3.63) is 261 Å². The average Bonchev–Trinajstić information content (AvgIpc) is 3.38. The molecule has 0 saturated heterocycles. The predicted octanol–water partition coefficient (Wildman–Crippen LogP) is 16.4. The fraction of sp³-hybridized carbons (Fsp3) is 0.125. The van der Waals surface area contributed by atoms with E-state index in [1.807, 2.05) is 72.8 Å². The summed E-state index contributed by atoms with van der Waals surface area (Å²) in [4.78, 5) is 35.0. The van der Waals surface area contributed by atoms with Gasteiger partial charge < -0.3 is 9.79 Å². The van der Waals surface area contributed by atoms with Gasteiger partial charge >= 0.3 is 0 Å². The summed E-state index contributed by atoms with van der Waals surface area (Å²) >= 11 is 3.40. The number of nitrogens with zero attached hydrogens (tertiary/aromatic N) is 2. The summed E-state index contributed by atoms with van der Waals surface area (Å²) in [6.07, 6.45) is 1.06. The zero-order valence-electron chi connectivity index (χ0n) is 39.9. The predicted molar refractivity (Wildman–Crippen MR) is 300 cm³/mol. The number of para-hydroxylation sites is 2. The second-order valence-electron chi connectivity index (χ2n) is 19.9. The summed E-state index contributed by atoms with van der Waals surface area (Å²) in [5.74, 6) is 0.0920. The van der Waals surface area contributed by atoms with Crippen LogP contribution >= 0.6 is 31.5 Å². The van der Waals surface area contributed by atoms with Crippen molar-refractivity contribution in [3.8, 4) is 0 Å². The number of hydrogen-bond donors (Lipinski definition) is 0. The zero-order valence-corrected chi connectivity index (χ0v) is 43.3. The molecule has 0 amide bonds. The van der Waals surface area contributed by atoms with Gasteiger partial charge in [0.05, 0.1) is 0 Å². The van der Waals surface area contributed by atoms with Crippen molar-refractivity contribution in [2.75, 3.05) is 0 Å². The summed E-state index contributed by atoms with van der Waals surface area (Å²) in [7, 11) is -3.14. The van der Waals surface area contributed by atoms with E-state index in [9.17, 15) is 9.79 Å². The fourth-order valence-electron chi connectivity index (χ4n) is 11.4. The second kappa shape index (κ2) is 17.9. The number of halogens is 1. The van der Waals surface area contributed by atoms with Gasteiger partial charge in [-0.2, -0.15) is 0 Å². The molecule has 12 aromatic rings. The molecule has 71 heavy (non-hydrogen) atoms. The zero-order chi connectivity index (χ0) is 48.6. The third kappa shape index (κ3) is 7.93. The Bertz CT molecular complexity index is 4110. The Morgan fingerprint density at radius 3 is 1.55 bits per heavy atom. The van der Waals surface area contributed by atoms with Gasteiger partial charge in [-0.1, -0.05) is 177 Å². The molecule has 2 aromatic heterocycles. The Kier molecular flexibility index (Phi) is 11.4. The van der Waals surface area contributed by atoms with Crippen molar-refractivity contribution in [1.82, 2.24) is 9.97 Å². The van der Waals surface area contributed by atoms with Crippen molar-refractivity contribution < 1.29 is 9.79 Å². The van der Waals surface area contributed by atoms with E-state index < -0.39 is 15.5 Å². The SMILES string of the molecule is CC1(C)c2ccccc2C(c2ccc3c(c2)nc2ccccc2[p+]3[O-])c2cc3ccccc3cc21.CC1(C)c2ccccc2Cc2cc3ccccc3cc21.[O-][p+]1c2ccccc2nc2cc(Br)ccc21. The van der Waals surface area contributed by atoms with Crippen LogP contribution in [0.1, 0.15) is 83.7 Å². The number of fused-ring (bicyclic) bond motifs is 10. The highest BCUT2D eigenvalue weighted by atomic mass is 79.9. The Labute approximate surface area is 424 Å². The normalized spacial score (nSPS) is 15.5. The first-order chi connectivity index (χ1) is 34.4. The number of aromatic nitrogens is 2. The average molecular weight is 1020 g/mol. The van der Waals surface area contributed by atoms with Crippen LogP contribution in [-0.2, 0) is 17.3 Å². The van der Waals surface area contributed by atoms with E-state index in [0.29, 0.717) is 0 Å². The summed E-state index contributed by atoms with van der Waals surface area (Å²) in [6.45, 7) is 9.36. The fourth-order valence-corrected chi connectivity index (χ4v) is 14.4. The maximum absolute atomic E-state index is 13.3. The van der Waals surface area contributed by atoms with E-state index in [2.05, 4.69) is 182 Å². The largest absolute Gasteiger partial charge is 0.625 e. The maximum atomic E-state index is 13.3. The van der Waals surface area contributed by atoms with Crippen LogP contribution in [0, 0.1) is 0 Å². The van der Waals surface area contributed by atoms with E-state index >= 15 is 0 Å². The molecule has 0 saturated carbocycles. The summed E-state index contributed by atoms with van der Waals surface area (Å²) in [5.41, 5.74) is 15.7. The van der Waals surface area contributed by atoms with E-state index in [1.165, 1.54) is 71.6 Å². The summed E-state index contributed by atoms with van der Waals surface area (Å²) in [6, 6.07) is 71.9. The Balaban J connectivity index is 0.000000121. The van der Waals surface area contributed by atoms with Gasteiger partial charge in [-0.15, -0.1) is 0 Å². The molecule has 0 aliphatic heterocycles. The number of benzene rings is 10. The van der Waals surface area contributed by atoms with Gasteiger partial charge in [-0.3, -0.25) is 0 Å². The first-order valence-corrected chi connectivity index (χ1v) is 27.5. The van der Waals surface area contributed by atoms with Crippen molar-refractivity contribution >= 4 is 95.5 Å². The minimum Gasteiger partial charge on any atom is -0.625 e. The molecule has 14 rings (SSSR count). The molecule has 4 nitrogen and oxygen atoms in total. The maximum Gasteiger partial charge on any atom is 0.171 e. The van der Waals surface area contributed by atoms with Gasteiger partial charge in [-0.05, 0) is 151 Å². The monoisotopic (exact) mass is 1020 g/mol. The molecular weight excluding hydrogens is 971 g/mol. The van der Waals surface area contributed by atoms with Crippen molar-refractivity contribution in [3.63, 3.8) is 0 Å². The van der Waals surface area contributed by atoms with Crippen LogP contribution in [-0.4, -0.2) is 9.97 Å². The first-order valence-electron chi connectivity index (χ1n) is 24.2. The van der Waals surface area contributed by atoms with Crippen LogP contribution in [0.25, 0.3) is 64.1 Å². The lowest BCUT2D eigenvalue weighted by molar-refractivity contribution is -0.149. The molecule has 0 bridgehead atoms. The molecule has 2 heterocycles. The molecule has 2 aliphatic carbocycles. The number of rotatable bonds is 1. The Hall–Kier alpha value is -6.68. The van der Waals surface area contributed by atoms with E-state index in [4.69, 9.17) is 4.98 Å². The third-order valence-corrected chi connectivity index (χ3v) is 18.7. The molecule has 3 atom stereocenters. The van der Waals surface area contributed by atoms with Gasteiger partial charge in [0.25, 0.3) is 0 Å². The standard InChI is InChI=1S/C32H24NOP.C20H18.C12H7BrNOP/c1-32(2)25-12-6-5-11-23(25)31(24-17-20-9-3-4-10-21(20)18-26(24)32)22-15-16-30-28(19-22)33-27-13-7-8-14-29(27)35(30)34;1-20(2)18-10-6-5-9-16(18)12-17-11-14-7-3-4-8-15(14)13-19(17)20;13-8-5-6-12-10(7-8)14-9-3-1-2-4-11(9)16(12)15/h3-19,31H,1-2H3;3-11,13H,12H2,1-2H3;1-7H.